The van der Waals surface area contributed by atoms with Crippen LogP contribution in [0.2, 0.25) is 0 Å². The van der Waals surface area contributed by atoms with E-state index in [4.69, 9.17) is 4.74 Å². The van der Waals surface area contributed by atoms with Gasteiger partial charge >= 0.3 is 0 Å². The van der Waals surface area contributed by atoms with Crippen LogP contribution in [0.4, 0.5) is 0 Å². The summed E-state index contributed by atoms with van der Waals surface area (Å²) in [6.45, 7) is 6.69. The second kappa shape index (κ2) is 9.14. The Hall–Kier alpha value is -2.25. The van der Waals surface area contributed by atoms with Gasteiger partial charge < -0.3 is 15.4 Å². The van der Waals surface area contributed by atoms with Gasteiger partial charge in [0.1, 0.15) is 0 Å². The third-order valence-electron chi connectivity index (χ3n) is 3.70. The number of aromatic nitrogens is 3. The highest BCUT2D eigenvalue weighted by molar-refractivity contribution is 5.78. The summed E-state index contributed by atoms with van der Waals surface area (Å²) in [4.78, 5) is 12.0. The van der Waals surface area contributed by atoms with Crippen LogP contribution in [0.25, 0.3) is 5.69 Å². The minimum absolute atomic E-state index is 0.0532. The van der Waals surface area contributed by atoms with Gasteiger partial charge in [-0.2, -0.15) is 0 Å². The Bertz CT molecular complexity index is 652. The zero-order valence-corrected chi connectivity index (χ0v) is 14.5. The van der Waals surface area contributed by atoms with Crippen molar-refractivity contribution in [3.05, 3.63) is 41.2 Å². The molecule has 1 heterocycles. The van der Waals surface area contributed by atoms with Crippen molar-refractivity contribution in [2.45, 2.75) is 20.3 Å². The molecule has 0 atom stereocenters. The molecule has 1 aromatic heterocycles. The highest BCUT2D eigenvalue weighted by atomic mass is 16.5. The van der Waals surface area contributed by atoms with Gasteiger partial charge in [-0.25, -0.2) is 4.68 Å². The van der Waals surface area contributed by atoms with Crippen LogP contribution in [0, 0.1) is 13.8 Å². The topological polar surface area (TPSA) is 81.1 Å². The first-order valence-corrected chi connectivity index (χ1v) is 8.06. The highest BCUT2D eigenvalue weighted by Gasteiger charge is 2.13. The number of amides is 1. The molecular weight excluding hydrogens is 306 g/mol. The number of nitrogens with one attached hydrogen (secondary N) is 2. The zero-order valence-electron chi connectivity index (χ0n) is 14.5. The second-order valence-corrected chi connectivity index (χ2v) is 5.64. The molecule has 1 aromatic carbocycles. The van der Waals surface area contributed by atoms with Crippen molar-refractivity contribution in [2.75, 3.05) is 33.4 Å². The molecule has 7 nitrogen and oxygen atoms in total. The fraction of sp³-hybridized carbons (Fsp3) is 0.471. The summed E-state index contributed by atoms with van der Waals surface area (Å²) >= 11 is 0. The molecule has 1 amide bonds. The summed E-state index contributed by atoms with van der Waals surface area (Å²) in [5.41, 5.74) is 3.71. The summed E-state index contributed by atoms with van der Waals surface area (Å²) in [6, 6.07) is 8.04. The molecule has 0 fully saturated rings. The number of ether oxygens (including phenoxy) is 1. The molecule has 2 rings (SSSR count). The third kappa shape index (κ3) is 5.14. The number of benzene rings is 1. The Morgan fingerprint density at radius 3 is 2.62 bits per heavy atom. The van der Waals surface area contributed by atoms with Gasteiger partial charge in [0.15, 0.2) is 0 Å². The molecule has 0 saturated carbocycles. The number of rotatable bonds is 9. The average molecular weight is 331 g/mol. The molecule has 7 heteroatoms. The van der Waals surface area contributed by atoms with E-state index in [1.54, 1.807) is 11.8 Å². The van der Waals surface area contributed by atoms with Crippen molar-refractivity contribution in [1.29, 1.82) is 0 Å². The van der Waals surface area contributed by atoms with E-state index in [2.05, 4.69) is 20.9 Å². The predicted octanol–water partition coefficient (Wildman–Crippen LogP) is 0.779. The third-order valence-corrected chi connectivity index (χ3v) is 3.70. The molecule has 2 N–H and O–H groups in total. The van der Waals surface area contributed by atoms with Gasteiger partial charge in [0.2, 0.25) is 5.91 Å². The summed E-state index contributed by atoms with van der Waals surface area (Å²) in [5, 5.41) is 14.4. The van der Waals surface area contributed by atoms with Gasteiger partial charge in [-0.1, -0.05) is 22.9 Å². The van der Waals surface area contributed by atoms with Crippen molar-refractivity contribution in [1.82, 2.24) is 25.6 Å². The van der Waals surface area contributed by atoms with Crippen LogP contribution in [0.15, 0.2) is 24.3 Å². The summed E-state index contributed by atoms with van der Waals surface area (Å²) in [7, 11) is 1.66. The minimum Gasteiger partial charge on any atom is -0.383 e. The Morgan fingerprint density at radius 2 is 1.92 bits per heavy atom. The maximum absolute atomic E-state index is 12.0. The van der Waals surface area contributed by atoms with E-state index < -0.39 is 0 Å². The smallest absolute Gasteiger partial charge is 0.226 e. The predicted molar refractivity (Wildman–Crippen MR) is 92.3 cm³/mol. The van der Waals surface area contributed by atoms with Crippen LogP contribution in [0.5, 0.6) is 0 Å². The minimum atomic E-state index is -0.0532. The molecule has 0 radical (unpaired) electrons. The molecular formula is C17H25N5O2. The molecule has 0 aliphatic carbocycles. The van der Waals surface area contributed by atoms with Crippen molar-refractivity contribution in [3.8, 4) is 5.69 Å². The molecule has 0 bridgehead atoms. The highest BCUT2D eigenvalue weighted by Crippen LogP contribution is 2.13. The van der Waals surface area contributed by atoms with E-state index in [1.807, 2.05) is 38.1 Å². The molecule has 130 valence electrons. The van der Waals surface area contributed by atoms with Crippen LogP contribution in [0.1, 0.15) is 17.0 Å². The molecule has 0 aliphatic rings. The summed E-state index contributed by atoms with van der Waals surface area (Å²) < 4.78 is 6.70. The van der Waals surface area contributed by atoms with Crippen LogP contribution in [0.3, 0.4) is 0 Å². The van der Waals surface area contributed by atoms with E-state index in [0.717, 1.165) is 17.9 Å². The average Bonchev–Trinajstić information content (AvgIpc) is 2.92. The van der Waals surface area contributed by atoms with Crippen molar-refractivity contribution in [2.24, 2.45) is 0 Å². The molecule has 0 aliphatic heterocycles. The number of hydrogen-bond donors (Lipinski definition) is 2. The Balaban J connectivity index is 1.85. The van der Waals surface area contributed by atoms with Crippen molar-refractivity contribution in [3.63, 3.8) is 0 Å². The lowest BCUT2D eigenvalue weighted by molar-refractivity contribution is -0.120. The first kappa shape index (κ1) is 18.1. The first-order valence-electron chi connectivity index (χ1n) is 8.06. The Kier molecular flexibility index (Phi) is 6.89. The number of hydrogen-bond acceptors (Lipinski definition) is 5. The van der Waals surface area contributed by atoms with Gasteiger partial charge in [0, 0.05) is 26.7 Å². The van der Waals surface area contributed by atoms with Crippen LogP contribution in [-0.2, 0) is 16.0 Å². The fourth-order valence-corrected chi connectivity index (χ4v) is 2.26. The summed E-state index contributed by atoms with van der Waals surface area (Å²) in [6.07, 6.45) is 0.232. The monoisotopic (exact) mass is 331 g/mol. The second-order valence-electron chi connectivity index (χ2n) is 5.64. The summed E-state index contributed by atoms with van der Waals surface area (Å²) in [5.74, 6) is -0.0532. The van der Waals surface area contributed by atoms with E-state index in [-0.39, 0.29) is 12.3 Å². The van der Waals surface area contributed by atoms with Crippen molar-refractivity contribution < 1.29 is 9.53 Å². The van der Waals surface area contributed by atoms with Gasteiger partial charge in [-0.05, 0) is 26.0 Å². The SMILES string of the molecule is COCCNCCNC(=O)Cc1nnn(-c2ccc(C)cc2)c1C. The zero-order chi connectivity index (χ0) is 17.4. The lowest BCUT2D eigenvalue weighted by atomic mass is 10.2. The first-order chi connectivity index (χ1) is 11.6. The largest absolute Gasteiger partial charge is 0.383 e. The van der Waals surface area contributed by atoms with Gasteiger partial charge in [-0.15, -0.1) is 5.10 Å². The Morgan fingerprint density at radius 1 is 1.17 bits per heavy atom. The van der Waals surface area contributed by atoms with Crippen LogP contribution < -0.4 is 10.6 Å². The Labute approximate surface area is 142 Å². The van der Waals surface area contributed by atoms with E-state index in [0.29, 0.717) is 25.4 Å². The lowest BCUT2D eigenvalue weighted by Crippen LogP contribution is -2.34. The number of aryl methyl sites for hydroxylation is 1. The lowest BCUT2D eigenvalue weighted by Gasteiger charge is -2.06. The van der Waals surface area contributed by atoms with Crippen LogP contribution >= 0.6 is 0 Å². The normalized spacial score (nSPS) is 10.8. The van der Waals surface area contributed by atoms with Gasteiger partial charge in [0.25, 0.3) is 0 Å². The van der Waals surface area contributed by atoms with Crippen LogP contribution in [-0.4, -0.2) is 54.3 Å². The number of carbonyl (C=O) groups is 1. The number of nitrogens with zero attached hydrogens (tertiary/aromatic N) is 3. The van der Waals surface area contributed by atoms with Crippen molar-refractivity contribution >= 4 is 5.91 Å². The van der Waals surface area contributed by atoms with E-state index >= 15 is 0 Å². The number of carbonyl (C=O) groups excluding carboxylic acids is 1. The molecule has 24 heavy (non-hydrogen) atoms. The quantitative estimate of drug-likeness (QED) is 0.664. The van der Waals surface area contributed by atoms with E-state index in [1.165, 1.54) is 5.56 Å². The molecule has 0 unspecified atom stereocenters. The standard InChI is InChI=1S/C17H25N5O2/c1-13-4-6-15(7-5-13)22-14(2)16(20-21-22)12-17(23)19-9-8-18-10-11-24-3/h4-7,18H,8-12H2,1-3H3,(H,19,23). The maximum Gasteiger partial charge on any atom is 0.226 e. The fourth-order valence-electron chi connectivity index (χ4n) is 2.26. The molecule has 2 aromatic rings. The molecule has 0 spiro atoms. The number of methoxy groups -OCH3 is 1. The van der Waals surface area contributed by atoms with Gasteiger partial charge in [-0.3, -0.25) is 4.79 Å². The molecule has 0 saturated heterocycles. The maximum atomic E-state index is 12.0. The van der Waals surface area contributed by atoms with Gasteiger partial charge in [0.05, 0.1) is 30.1 Å². The van der Waals surface area contributed by atoms with E-state index in [9.17, 15) is 4.79 Å².